The number of hydrogen-bond acceptors (Lipinski definition) is 1. The smallest absolute Gasteiger partial charge is 0.268 e. The summed E-state index contributed by atoms with van der Waals surface area (Å²) in [5, 5.41) is 4.52. The summed E-state index contributed by atoms with van der Waals surface area (Å²) in [4.78, 5) is 0. The number of aromatic nitrogens is 2. The van der Waals surface area contributed by atoms with Crippen LogP contribution in [0, 0.1) is 0 Å². The molecule has 6 heteroatoms. The second-order valence-electron chi connectivity index (χ2n) is 5.95. The van der Waals surface area contributed by atoms with E-state index in [1.165, 1.54) is 6.07 Å². The van der Waals surface area contributed by atoms with Crippen molar-refractivity contribution in [3.05, 3.63) is 52.3 Å². The molecule has 0 atom stereocenters. The van der Waals surface area contributed by atoms with Gasteiger partial charge in [0.1, 0.15) is 0 Å². The monoisotopic (exact) mass is 316 g/mol. The van der Waals surface area contributed by atoms with Crippen molar-refractivity contribution in [3.8, 4) is 0 Å². The predicted octanol–water partition coefficient (Wildman–Crippen LogP) is 4.90. The molecule has 1 heterocycles. The number of benzene rings is 1. The summed E-state index contributed by atoms with van der Waals surface area (Å²) in [7, 11) is 0. The first-order valence-electron chi connectivity index (χ1n) is 6.47. The Balaban J connectivity index is 2.23. The van der Waals surface area contributed by atoms with Crippen LogP contribution < -0.4 is 0 Å². The lowest BCUT2D eigenvalue weighted by molar-refractivity contribution is -0.137. The number of alkyl halides is 3. The molecule has 1 aromatic heterocycles. The Morgan fingerprint density at radius 1 is 1.14 bits per heavy atom. The summed E-state index contributed by atoms with van der Waals surface area (Å²) in [6, 6.07) is 5.28. The number of rotatable bonds is 2. The van der Waals surface area contributed by atoms with Crippen LogP contribution in [0.25, 0.3) is 0 Å². The van der Waals surface area contributed by atoms with Gasteiger partial charge in [-0.05, 0) is 23.8 Å². The van der Waals surface area contributed by atoms with E-state index in [4.69, 9.17) is 11.6 Å². The molecule has 0 fully saturated rings. The van der Waals surface area contributed by atoms with Gasteiger partial charge in [0.15, 0.2) is 0 Å². The molecule has 0 spiro atoms. The maximum Gasteiger partial charge on any atom is 0.416 e. The van der Waals surface area contributed by atoms with E-state index >= 15 is 0 Å². The highest BCUT2D eigenvalue weighted by atomic mass is 35.5. The highest BCUT2D eigenvalue weighted by Crippen LogP contribution is 2.32. The highest BCUT2D eigenvalue weighted by molar-refractivity contribution is 6.31. The Morgan fingerprint density at radius 3 is 2.29 bits per heavy atom. The first-order valence-corrected chi connectivity index (χ1v) is 6.85. The van der Waals surface area contributed by atoms with Crippen molar-refractivity contribution in [2.24, 2.45) is 0 Å². The van der Waals surface area contributed by atoms with Crippen molar-refractivity contribution in [2.75, 3.05) is 0 Å². The zero-order valence-electron chi connectivity index (χ0n) is 12.0. The van der Waals surface area contributed by atoms with Gasteiger partial charge in [0.2, 0.25) is 0 Å². The third-order valence-electron chi connectivity index (χ3n) is 3.12. The summed E-state index contributed by atoms with van der Waals surface area (Å²) >= 11 is 5.94. The van der Waals surface area contributed by atoms with Gasteiger partial charge in [0.05, 0.1) is 17.8 Å². The van der Waals surface area contributed by atoms with E-state index in [0.29, 0.717) is 12.1 Å². The SMILES string of the molecule is CC(C)(C)c1ccn(Cc2ccc(C(F)(F)F)cc2Cl)n1. The van der Waals surface area contributed by atoms with Crippen LogP contribution in [0.2, 0.25) is 5.02 Å². The summed E-state index contributed by atoms with van der Waals surface area (Å²) < 4.78 is 39.4. The second-order valence-corrected chi connectivity index (χ2v) is 6.36. The van der Waals surface area contributed by atoms with E-state index in [-0.39, 0.29) is 10.4 Å². The Hall–Kier alpha value is -1.49. The minimum Gasteiger partial charge on any atom is -0.268 e. The van der Waals surface area contributed by atoms with Gasteiger partial charge in [0.25, 0.3) is 0 Å². The second kappa shape index (κ2) is 5.37. The summed E-state index contributed by atoms with van der Waals surface area (Å²) in [5.41, 5.74) is 0.709. The predicted molar refractivity (Wildman–Crippen MR) is 76.5 cm³/mol. The average molecular weight is 317 g/mol. The zero-order chi connectivity index (χ0) is 15.8. The van der Waals surface area contributed by atoms with E-state index in [9.17, 15) is 13.2 Å². The molecule has 0 amide bonds. The van der Waals surface area contributed by atoms with Crippen molar-refractivity contribution >= 4 is 11.6 Å². The van der Waals surface area contributed by atoms with Gasteiger partial charge in [-0.25, -0.2) is 0 Å². The van der Waals surface area contributed by atoms with Gasteiger partial charge in [0, 0.05) is 16.6 Å². The van der Waals surface area contributed by atoms with Crippen molar-refractivity contribution in [1.29, 1.82) is 0 Å². The van der Waals surface area contributed by atoms with E-state index < -0.39 is 11.7 Å². The lowest BCUT2D eigenvalue weighted by Crippen LogP contribution is -2.13. The average Bonchev–Trinajstić information content (AvgIpc) is 2.78. The van der Waals surface area contributed by atoms with Crippen molar-refractivity contribution in [2.45, 2.75) is 38.9 Å². The zero-order valence-corrected chi connectivity index (χ0v) is 12.8. The molecular weight excluding hydrogens is 301 g/mol. The molecule has 0 N–H and O–H groups in total. The van der Waals surface area contributed by atoms with Crippen LogP contribution in [0.5, 0.6) is 0 Å². The maximum atomic E-state index is 12.6. The Kier molecular flexibility index (Phi) is 4.06. The molecule has 2 rings (SSSR count). The van der Waals surface area contributed by atoms with Crippen LogP contribution in [0.15, 0.2) is 30.5 Å². The van der Waals surface area contributed by atoms with E-state index in [2.05, 4.69) is 5.10 Å². The standard InChI is InChI=1S/C15H16ClF3N2/c1-14(2,3)13-6-7-21(20-13)9-10-4-5-11(8-12(10)16)15(17,18)19/h4-8H,9H2,1-3H3. The minimum absolute atomic E-state index is 0.0742. The van der Waals surface area contributed by atoms with Gasteiger partial charge in [-0.3, -0.25) is 4.68 Å². The normalized spacial score (nSPS) is 12.7. The van der Waals surface area contributed by atoms with Crippen LogP contribution in [0.1, 0.15) is 37.6 Å². The highest BCUT2D eigenvalue weighted by Gasteiger charge is 2.30. The van der Waals surface area contributed by atoms with Crippen LogP contribution in [-0.2, 0) is 18.1 Å². The van der Waals surface area contributed by atoms with Crippen LogP contribution in [0.4, 0.5) is 13.2 Å². The van der Waals surface area contributed by atoms with Crippen LogP contribution >= 0.6 is 11.6 Å². The molecule has 114 valence electrons. The van der Waals surface area contributed by atoms with Crippen molar-refractivity contribution in [3.63, 3.8) is 0 Å². The van der Waals surface area contributed by atoms with Crippen LogP contribution in [-0.4, -0.2) is 9.78 Å². The molecular formula is C15H16ClF3N2. The molecule has 0 saturated carbocycles. The number of nitrogens with zero attached hydrogens (tertiary/aromatic N) is 2. The quantitative estimate of drug-likeness (QED) is 0.770. The van der Waals surface area contributed by atoms with Gasteiger partial charge in [-0.2, -0.15) is 18.3 Å². The van der Waals surface area contributed by atoms with Gasteiger partial charge in [-0.1, -0.05) is 38.4 Å². The number of hydrogen-bond donors (Lipinski definition) is 0. The summed E-state index contributed by atoms with van der Waals surface area (Å²) in [5.74, 6) is 0. The third-order valence-corrected chi connectivity index (χ3v) is 3.47. The van der Waals surface area contributed by atoms with Gasteiger partial charge >= 0.3 is 6.18 Å². The van der Waals surface area contributed by atoms with E-state index in [0.717, 1.165) is 17.8 Å². The van der Waals surface area contributed by atoms with Crippen LogP contribution in [0.3, 0.4) is 0 Å². The van der Waals surface area contributed by atoms with Gasteiger partial charge < -0.3 is 0 Å². The number of halogens is 4. The fourth-order valence-electron chi connectivity index (χ4n) is 1.88. The van der Waals surface area contributed by atoms with E-state index in [1.807, 2.05) is 26.8 Å². The lowest BCUT2D eigenvalue weighted by atomic mass is 9.93. The first kappa shape index (κ1) is 15.9. The molecule has 2 aromatic rings. The minimum atomic E-state index is -4.38. The third kappa shape index (κ3) is 3.79. The van der Waals surface area contributed by atoms with E-state index in [1.54, 1.807) is 10.9 Å². The molecule has 0 unspecified atom stereocenters. The largest absolute Gasteiger partial charge is 0.416 e. The maximum absolute atomic E-state index is 12.6. The molecule has 0 saturated heterocycles. The molecule has 0 aliphatic rings. The summed E-state index contributed by atoms with van der Waals surface area (Å²) in [6.07, 6.45) is -2.58. The first-order chi connectivity index (χ1) is 9.57. The molecule has 2 nitrogen and oxygen atoms in total. The molecule has 0 radical (unpaired) electrons. The lowest BCUT2D eigenvalue weighted by Gasteiger charge is -2.14. The molecule has 0 aliphatic carbocycles. The topological polar surface area (TPSA) is 17.8 Å². The molecule has 21 heavy (non-hydrogen) atoms. The summed E-state index contributed by atoms with van der Waals surface area (Å²) in [6.45, 7) is 6.48. The fourth-order valence-corrected chi connectivity index (χ4v) is 2.12. The Labute approximate surface area is 126 Å². The Bertz CT molecular complexity index is 639. The molecule has 1 aromatic carbocycles. The molecule has 0 bridgehead atoms. The van der Waals surface area contributed by atoms with Crippen molar-refractivity contribution in [1.82, 2.24) is 9.78 Å². The molecule has 0 aliphatic heterocycles. The Morgan fingerprint density at radius 2 is 1.81 bits per heavy atom. The van der Waals surface area contributed by atoms with Gasteiger partial charge in [-0.15, -0.1) is 0 Å². The fraction of sp³-hybridized carbons (Fsp3) is 0.400. The van der Waals surface area contributed by atoms with Crippen molar-refractivity contribution < 1.29 is 13.2 Å².